The van der Waals surface area contributed by atoms with Crippen LogP contribution in [0.4, 0.5) is 0 Å². The third kappa shape index (κ3) is 4.51. The molecular formula is C16H26O4. The normalized spacial score (nSPS) is 10.2. The number of rotatable bonds is 10. The SMILES string of the molecule is CCCCOc1ccc(OCC)c(OCC)c1OCC. The molecule has 0 aliphatic carbocycles. The molecule has 0 heterocycles. The molecule has 0 bridgehead atoms. The van der Waals surface area contributed by atoms with E-state index in [1.54, 1.807) is 0 Å². The van der Waals surface area contributed by atoms with E-state index in [9.17, 15) is 0 Å². The van der Waals surface area contributed by atoms with Crippen LogP contribution in [0.5, 0.6) is 23.0 Å². The van der Waals surface area contributed by atoms with E-state index in [1.807, 2.05) is 32.9 Å². The van der Waals surface area contributed by atoms with Gasteiger partial charge < -0.3 is 18.9 Å². The lowest BCUT2D eigenvalue weighted by molar-refractivity contribution is 0.239. The maximum absolute atomic E-state index is 5.79. The minimum Gasteiger partial charge on any atom is -0.490 e. The molecule has 20 heavy (non-hydrogen) atoms. The zero-order chi connectivity index (χ0) is 14.8. The van der Waals surface area contributed by atoms with Crippen LogP contribution >= 0.6 is 0 Å². The van der Waals surface area contributed by atoms with Crippen molar-refractivity contribution >= 4 is 0 Å². The molecule has 0 saturated carbocycles. The van der Waals surface area contributed by atoms with Crippen molar-refractivity contribution in [2.45, 2.75) is 40.5 Å². The lowest BCUT2D eigenvalue weighted by Crippen LogP contribution is -2.05. The van der Waals surface area contributed by atoms with E-state index < -0.39 is 0 Å². The second-order valence-corrected chi connectivity index (χ2v) is 4.22. The van der Waals surface area contributed by atoms with Gasteiger partial charge in [0.15, 0.2) is 11.5 Å². The summed E-state index contributed by atoms with van der Waals surface area (Å²) in [4.78, 5) is 0. The molecule has 0 unspecified atom stereocenters. The topological polar surface area (TPSA) is 36.9 Å². The molecule has 0 aromatic heterocycles. The molecule has 1 aromatic rings. The van der Waals surface area contributed by atoms with E-state index in [2.05, 4.69) is 6.92 Å². The number of ether oxygens (including phenoxy) is 4. The molecule has 0 aliphatic rings. The van der Waals surface area contributed by atoms with Crippen LogP contribution in [0.15, 0.2) is 12.1 Å². The van der Waals surface area contributed by atoms with Gasteiger partial charge in [0.2, 0.25) is 11.5 Å². The largest absolute Gasteiger partial charge is 0.490 e. The highest BCUT2D eigenvalue weighted by Gasteiger charge is 2.18. The van der Waals surface area contributed by atoms with Gasteiger partial charge in [-0.2, -0.15) is 0 Å². The molecule has 0 saturated heterocycles. The molecule has 4 nitrogen and oxygen atoms in total. The Morgan fingerprint density at radius 3 is 1.65 bits per heavy atom. The number of unbranched alkanes of at least 4 members (excludes halogenated alkanes) is 1. The van der Waals surface area contributed by atoms with E-state index in [0.29, 0.717) is 49.4 Å². The maximum Gasteiger partial charge on any atom is 0.207 e. The Bertz CT molecular complexity index is 390. The van der Waals surface area contributed by atoms with Gasteiger partial charge in [-0.1, -0.05) is 13.3 Å². The van der Waals surface area contributed by atoms with Crippen LogP contribution in [-0.4, -0.2) is 26.4 Å². The van der Waals surface area contributed by atoms with Crippen molar-refractivity contribution < 1.29 is 18.9 Å². The van der Waals surface area contributed by atoms with Crippen LogP contribution < -0.4 is 18.9 Å². The summed E-state index contributed by atoms with van der Waals surface area (Å²) < 4.78 is 22.8. The fraction of sp³-hybridized carbons (Fsp3) is 0.625. The highest BCUT2D eigenvalue weighted by atomic mass is 16.6. The predicted octanol–water partition coefficient (Wildman–Crippen LogP) is 4.06. The van der Waals surface area contributed by atoms with Crippen LogP contribution in [-0.2, 0) is 0 Å². The molecule has 1 rings (SSSR count). The molecule has 0 spiro atoms. The standard InChI is InChI=1S/C16H26O4/c1-5-9-12-20-14-11-10-13(17-6-2)15(18-7-3)16(14)19-8-4/h10-11H,5-9,12H2,1-4H3. The fourth-order valence-corrected chi connectivity index (χ4v) is 1.80. The lowest BCUT2D eigenvalue weighted by atomic mass is 10.2. The smallest absolute Gasteiger partial charge is 0.207 e. The highest BCUT2D eigenvalue weighted by molar-refractivity contribution is 5.59. The minimum absolute atomic E-state index is 0.554. The van der Waals surface area contributed by atoms with Gasteiger partial charge in [0, 0.05) is 0 Å². The third-order valence-corrected chi connectivity index (χ3v) is 2.67. The first-order chi connectivity index (χ1) is 9.78. The summed E-state index contributed by atoms with van der Waals surface area (Å²) in [5, 5.41) is 0. The van der Waals surface area contributed by atoms with Crippen LogP contribution in [0.25, 0.3) is 0 Å². The monoisotopic (exact) mass is 282 g/mol. The summed E-state index contributed by atoms with van der Waals surface area (Å²) in [5.74, 6) is 2.68. The van der Waals surface area contributed by atoms with Gasteiger partial charge >= 0.3 is 0 Å². The molecule has 0 amide bonds. The number of hydrogen-bond donors (Lipinski definition) is 0. The van der Waals surface area contributed by atoms with Crippen LogP contribution in [0.3, 0.4) is 0 Å². The maximum atomic E-state index is 5.79. The summed E-state index contributed by atoms with van der Waals surface area (Å²) >= 11 is 0. The molecule has 0 aliphatic heterocycles. The van der Waals surface area contributed by atoms with Gasteiger partial charge in [-0.3, -0.25) is 0 Å². The van der Waals surface area contributed by atoms with Crippen LogP contribution in [0, 0.1) is 0 Å². The second-order valence-electron chi connectivity index (χ2n) is 4.22. The Labute approximate surface area is 122 Å². The Balaban J connectivity index is 3.06. The first-order valence-electron chi connectivity index (χ1n) is 7.46. The van der Waals surface area contributed by atoms with Crippen LogP contribution in [0.1, 0.15) is 40.5 Å². The zero-order valence-corrected chi connectivity index (χ0v) is 13.0. The Hall–Kier alpha value is -1.58. The minimum atomic E-state index is 0.554. The third-order valence-electron chi connectivity index (χ3n) is 2.67. The van der Waals surface area contributed by atoms with Gasteiger partial charge in [-0.15, -0.1) is 0 Å². The first-order valence-corrected chi connectivity index (χ1v) is 7.46. The Morgan fingerprint density at radius 2 is 1.20 bits per heavy atom. The van der Waals surface area contributed by atoms with Crippen molar-refractivity contribution in [1.29, 1.82) is 0 Å². The summed E-state index contributed by atoms with van der Waals surface area (Å²) in [6.07, 6.45) is 2.11. The van der Waals surface area contributed by atoms with E-state index in [-0.39, 0.29) is 0 Å². The van der Waals surface area contributed by atoms with E-state index in [1.165, 1.54) is 0 Å². The molecule has 0 N–H and O–H groups in total. The van der Waals surface area contributed by atoms with Gasteiger partial charge in [0.05, 0.1) is 26.4 Å². The Morgan fingerprint density at radius 1 is 0.700 bits per heavy atom. The van der Waals surface area contributed by atoms with Crippen molar-refractivity contribution in [1.82, 2.24) is 0 Å². The van der Waals surface area contributed by atoms with Crippen molar-refractivity contribution in [2.75, 3.05) is 26.4 Å². The molecule has 0 radical (unpaired) electrons. The summed E-state index contributed by atoms with van der Waals surface area (Å²) in [5.41, 5.74) is 0. The lowest BCUT2D eigenvalue weighted by Gasteiger charge is -2.18. The van der Waals surface area contributed by atoms with E-state index in [0.717, 1.165) is 12.8 Å². The molecule has 0 atom stereocenters. The summed E-state index contributed by atoms with van der Waals surface area (Å²) in [7, 11) is 0. The van der Waals surface area contributed by atoms with E-state index in [4.69, 9.17) is 18.9 Å². The molecular weight excluding hydrogens is 256 g/mol. The van der Waals surface area contributed by atoms with Gasteiger partial charge in [-0.25, -0.2) is 0 Å². The number of hydrogen-bond acceptors (Lipinski definition) is 4. The molecule has 0 fully saturated rings. The average molecular weight is 282 g/mol. The van der Waals surface area contributed by atoms with Gasteiger partial charge in [-0.05, 0) is 39.3 Å². The first kappa shape index (κ1) is 16.5. The van der Waals surface area contributed by atoms with Gasteiger partial charge in [0.1, 0.15) is 0 Å². The summed E-state index contributed by atoms with van der Waals surface area (Å²) in [6.45, 7) is 10.3. The van der Waals surface area contributed by atoms with Crippen molar-refractivity contribution in [2.24, 2.45) is 0 Å². The number of benzene rings is 1. The van der Waals surface area contributed by atoms with Crippen molar-refractivity contribution in [3.63, 3.8) is 0 Å². The Kier molecular flexibility index (Phi) is 7.70. The average Bonchev–Trinajstić information content (AvgIpc) is 2.45. The van der Waals surface area contributed by atoms with E-state index >= 15 is 0 Å². The quantitative estimate of drug-likeness (QED) is 0.606. The molecule has 4 heteroatoms. The van der Waals surface area contributed by atoms with Crippen molar-refractivity contribution in [3.8, 4) is 23.0 Å². The van der Waals surface area contributed by atoms with Gasteiger partial charge in [0.25, 0.3) is 0 Å². The predicted molar refractivity (Wildman–Crippen MR) is 80.4 cm³/mol. The molecule has 114 valence electrons. The zero-order valence-electron chi connectivity index (χ0n) is 13.0. The summed E-state index contributed by atoms with van der Waals surface area (Å²) in [6, 6.07) is 3.76. The molecule has 1 aromatic carbocycles. The highest BCUT2D eigenvalue weighted by Crippen LogP contribution is 2.44. The van der Waals surface area contributed by atoms with Crippen LogP contribution in [0.2, 0.25) is 0 Å². The van der Waals surface area contributed by atoms with Crippen molar-refractivity contribution in [3.05, 3.63) is 12.1 Å². The fourth-order valence-electron chi connectivity index (χ4n) is 1.80. The second kappa shape index (κ2) is 9.34.